The van der Waals surface area contributed by atoms with E-state index in [1.165, 1.54) is 12.1 Å². The minimum absolute atomic E-state index is 0.362. The number of pyridine rings is 1. The first kappa shape index (κ1) is 19.4. The lowest BCUT2D eigenvalue weighted by Crippen LogP contribution is -2.35. The molecule has 3 nitrogen and oxygen atoms in total. The molecule has 8 heteroatoms. The molecule has 0 amide bonds. The van der Waals surface area contributed by atoms with Crippen molar-refractivity contribution in [1.82, 2.24) is 4.98 Å². The van der Waals surface area contributed by atoms with Crippen LogP contribution in [0.5, 0.6) is 5.75 Å². The molecule has 1 fully saturated rings. The van der Waals surface area contributed by atoms with Crippen molar-refractivity contribution < 1.29 is 22.3 Å². The highest BCUT2D eigenvalue weighted by atomic mass is 35.5. The van der Waals surface area contributed by atoms with Crippen molar-refractivity contribution in [1.29, 1.82) is 5.26 Å². The highest BCUT2D eigenvalue weighted by Gasteiger charge is 2.41. The number of hydrogen-bond acceptors (Lipinski definition) is 3. The van der Waals surface area contributed by atoms with E-state index in [9.17, 15) is 22.8 Å². The predicted molar refractivity (Wildman–Crippen MR) is 90.8 cm³/mol. The highest BCUT2D eigenvalue weighted by Crippen LogP contribution is 2.43. The minimum atomic E-state index is -4.68. The summed E-state index contributed by atoms with van der Waals surface area (Å²) < 4.78 is 58.4. The Morgan fingerprint density at radius 1 is 1.15 bits per heavy atom. The number of ether oxygens (including phenoxy) is 1. The van der Waals surface area contributed by atoms with Crippen LogP contribution >= 0.6 is 11.6 Å². The molecule has 1 aliphatic rings. The van der Waals surface area contributed by atoms with Gasteiger partial charge in [0.25, 0.3) is 0 Å². The summed E-state index contributed by atoms with van der Waals surface area (Å²) in [5.74, 6) is -0.753. The molecule has 1 saturated carbocycles. The molecule has 1 aliphatic carbocycles. The first-order valence-corrected chi connectivity index (χ1v) is 8.69. The molecule has 142 valence electrons. The van der Waals surface area contributed by atoms with Crippen LogP contribution in [-0.2, 0) is 11.6 Å². The Kier molecular flexibility index (Phi) is 5.29. The van der Waals surface area contributed by atoms with Crippen LogP contribution in [0.25, 0.3) is 0 Å². The van der Waals surface area contributed by atoms with Gasteiger partial charge in [-0.3, -0.25) is 0 Å². The summed E-state index contributed by atoms with van der Waals surface area (Å²) in [5.41, 5.74) is -1.19. The van der Waals surface area contributed by atoms with Crippen molar-refractivity contribution in [2.75, 3.05) is 0 Å². The molecule has 0 bridgehead atoms. The maximum absolute atomic E-state index is 13.2. The Hall–Kier alpha value is -2.33. The Morgan fingerprint density at radius 3 is 2.33 bits per heavy atom. The van der Waals surface area contributed by atoms with Gasteiger partial charge in [0.1, 0.15) is 22.3 Å². The summed E-state index contributed by atoms with van der Waals surface area (Å²) in [6.45, 7) is 0. The van der Waals surface area contributed by atoms with Crippen LogP contribution in [0.3, 0.4) is 0 Å². The van der Waals surface area contributed by atoms with Crippen LogP contribution < -0.4 is 4.74 Å². The Balaban J connectivity index is 1.76. The zero-order valence-corrected chi connectivity index (χ0v) is 14.8. The van der Waals surface area contributed by atoms with Gasteiger partial charge < -0.3 is 4.74 Å². The van der Waals surface area contributed by atoms with E-state index in [-0.39, 0.29) is 5.75 Å². The average molecular weight is 399 g/mol. The smallest absolute Gasteiger partial charge is 0.422 e. The van der Waals surface area contributed by atoms with Gasteiger partial charge in [0.05, 0.1) is 17.6 Å². The van der Waals surface area contributed by atoms with E-state index in [0.29, 0.717) is 31.2 Å². The van der Waals surface area contributed by atoms with Gasteiger partial charge in [-0.1, -0.05) is 23.7 Å². The van der Waals surface area contributed by atoms with Crippen LogP contribution in [0.4, 0.5) is 17.6 Å². The monoisotopic (exact) mass is 398 g/mol. The number of aromatic nitrogens is 1. The van der Waals surface area contributed by atoms with E-state index in [4.69, 9.17) is 16.3 Å². The van der Waals surface area contributed by atoms with Gasteiger partial charge in [0, 0.05) is 6.20 Å². The van der Waals surface area contributed by atoms with Crippen molar-refractivity contribution >= 4 is 11.6 Å². The summed E-state index contributed by atoms with van der Waals surface area (Å²) >= 11 is 5.61. The van der Waals surface area contributed by atoms with Crippen LogP contribution in [0, 0.1) is 17.1 Å². The molecule has 27 heavy (non-hydrogen) atoms. The zero-order valence-electron chi connectivity index (χ0n) is 14.1. The third-order valence-electron chi connectivity index (χ3n) is 4.84. The van der Waals surface area contributed by atoms with Crippen molar-refractivity contribution in [2.45, 2.75) is 43.4 Å². The second-order valence-electron chi connectivity index (χ2n) is 6.49. The van der Waals surface area contributed by atoms with Crippen LogP contribution in [0.1, 0.15) is 36.8 Å². The molecule has 2 aromatic rings. The fourth-order valence-corrected chi connectivity index (χ4v) is 3.65. The SMILES string of the molecule is N#C[C@]1(c2ccc(F)cc2)CC[C@@H](Oc2ccnc(Cl)c2C(F)(F)F)CC1. The summed E-state index contributed by atoms with van der Waals surface area (Å²) in [6.07, 6.45) is -2.41. The fraction of sp³-hybridized carbons (Fsp3) is 0.368. The van der Waals surface area contributed by atoms with Gasteiger partial charge in [0.2, 0.25) is 0 Å². The Morgan fingerprint density at radius 2 is 1.78 bits per heavy atom. The van der Waals surface area contributed by atoms with Gasteiger partial charge in [-0.25, -0.2) is 9.37 Å². The summed E-state index contributed by atoms with van der Waals surface area (Å²) in [6, 6.07) is 9.17. The number of hydrogen-bond donors (Lipinski definition) is 0. The molecule has 3 rings (SSSR count). The molecule has 0 unspecified atom stereocenters. The quantitative estimate of drug-likeness (QED) is 0.494. The molecule has 0 spiro atoms. The normalized spacial score (nSPS) is 22.9. The molecule has 0 radical (unpaired) electrons. The van der Waals surface area contributed by atoms with Crippen molar-refractivity contribution in [3.8, 4) is 11.8 Å². The van der Waals surface area contributed by atoms with Gasteiger partial charge >= 0.3 is 6.18 Å². The van der Waals surface area contributed by atoms with Crippen LogP contribution in [0.15, 0.2) is 36.5 Å². The highest BCUT2D eigenvalue weighted by molar-refractivity contribution is 6.30. The molecular formula is C19H15ClF4N2O. The standard InChI is InChI=1S/C19H15ClF4N2O/c20-17-16(19(22,23)24)15(7-10-26-17)27-14-5-8-18(11-25,9-6-14)12-1-3-13(21)4-2-12/h1-4,7,10,14H,5-6,8-9H2/t14-,18+. The first-order valence-electron chi connectivity index (χ1n) is 8.31. The van der Waals surface area contributed by atoms with Crippen molar-refractivity contribution in [3.05, 3.63) is 58.6 Å². The second kappa shape index (κ2) is 7.35. The van der Waals surface area contributed by atoms with Gasteiger partial charge in [-0.05, 0) is 49.4 Å². The molecule has 1 heterocycles. The second-order valence-corrected chi connectivity index (χ2v) is 6.85. The lowest BCUT2D eigenvalue weighted by molar-refractivity contribution is -0.139. The van der Waals surface area contributed by atoms with Crippen molar-refractivity contribution in [2.24, 2.45) is 0 Å². The Bertz CT molecular complexity index is 853. The van der Waals surface area contributed by atoms with E-state index in [2.05, 4.69) is 11.1 Å². The third-order valence-corrected chi connectivity index (χ3v) is 5.13. The molecule has 0 aliphatic heterocycles. The lowest BCUT2D eigenvalue weighted by atomic mass is 9.70. The van der Waals surface area contributed by atoms with E-state index in [1.807, 2.05) is 0 Å². The average Bonchev–Trinajstić information content (AvgIpc) is 2.62. The maximum atomic E-state index is 13.2. The van der Waals surface area contributed by atoms with E-state index in [1.54, 1.807) is 12.1 Å². The van der Waals surface area contributed by atoms with E-state index in [0.717, 1.165) is 12.3 Å². The molecule has 0 N–H and O–H groups in total. The molecule has 0 atom stereocenters. The first-order chi connectivity index (χ1) is 12.7. The van der Waals surface area contributed by atoms with Crippen LogP contribution in [-0.4, -0.2) is 11.1 Å². The number of rotatable bonds is 3. The molecule has 1 aromatic carbocycles. The predicted octanol–water partition coefficient (Wildman–Crippen LogP) is 5.68. The minimum Gasteiger partial charge on any atom is -0.490 e. The van der Waals surface area contributed by atoms with Gasteiger partial charge in [-0.15, -0.1) is 0 Å². The topological polar surface area (TPSA) is 45.9 Å². The summed E-state index contributed by atoms with van der Waals surface area (Å²) in [7, 11) is 0. The lowest BCUT2D eigenvalue weighted by Gasteiger charge is -2.35. The van der Waals surface area contributed by atoms with Gasteiger partial charge in [0.15, 0.2) is 0 Å². The summed E-state index contributed by atoms with van der Waals surface area (Å²) in [4.78, 5) is 3.47. The van der Waals surface area contributed by atoms with Gasteiger partial charge in [-0.2, -0.15) is 18.4 Å². The fourth-order valence-electron chi connectivity index (χ4n) is 3.39. The number of nitrogens with zero attached hydrogens (tertiary/aromatic N) is 2. The molecule has 0 saturated heterocycles. The van der Waals surface area contributed by atoms with E-state index >= 15 is 0 Å². The number of benzene rings is 1. The molecular weight excluding hydrogens is 384 g/mol. The zero-order chi connectivity index (χ0) is 19.7. The van der Waals surface area contributed by atoms with Crippen LogP contribution in [0.2, 0.25) is 5.15 Å². The molecule has 1 aromatic heterocycles. The number of nitriles is 1. The maximum Gasteiger partial charge on any atom is 0.422 e. The van der Waals surface area contributed by atoms with E-state index < -0.39 is 34.2 Å². The van der Waals surface area contributed by atoms with Crippen molar-refractivity contribution in [3.63, 3.8) is 0 Å². The largest absolute Gasteiger partial charge is 0.490 e. The Labute approximate surface area is 158 Å². The summed E-state index contributed by atoms with van der Waals surface area (Å²) in [5, 5.41) is 9.01. The third kappa shape index (κ3) is 4.01. The number of alkyl halides is 3. The number of halogens is 5.